The molecule has 0 aliphatic carbocycles. The van der Waals surface area contributed by atoms with Crippen molar-refractivity contribution in [3.8, 4) is 10.6 Å². The highest BCUT2D eigenvalue weighted by Gasteiger charge is 2.19. The van der Waals surface area contributed by atoms with Gasteiger partial charge in [0.15, 0.2) is 0 Å². The molecule has 3 rings (SSSR count). The summed E-state index contributed by atoms with van der Waals surface area (Å²) in [6, 6.07) is 13.6. The van der Waals surface area contributed by atoms with E-state index in [1.54, 1.807) is 11.6 Å². The first-order chi connectivity index (χ1) is 11.6. The summed E-state index contributed by atoms with van der Waals surface area (Å²) in [4.78, 5) is 18.8. The highest BCUT2D eigenvalue weighted by Crippen LogP contribution is 2.23. The van der Waals surface area contributed by atoms with Crippen LogP contribution in [0.1, 0.15) is 22.3 Å². The molecule has 6 heteroatoms. The van der Waals surface area contributed by atoms with Crippen LogP contribution in [0.15, 0.2) is 58.5 Å². The predicted octanol–water partition coefficient (Wildman–Crippen LogP) is 3.44. The topological polar surface area (TPSA) is 58.4 Å². The molecule has 2 aromatic heterocycles. The lowest BCUT2D eigenvalue weighted by Gasteiger charge is -2.22. The van der Waals surface area contributed by atoms with E-state index in [1.165, 1.54) is 11.3 Å². The van der Waals surface area contributed by atoms with E-state index in [0.717, 1.165) is 16.3 Å². The molecule has 3 aromatic rings. The van der Waals surface area contributed by atoms with Crippen LogP contribution < -0.4 is 5.32 Å². The third-order valence-corrected chi connectivity index (χ3v) is 4.60. The number of carbonyl (C=O) groups excluding carboxylic acids is 1. The van der Waals surface area contributed by atoms with Gasteiger partial charge in [-0.2, -0.15) is 0 Å². The van der Waals surface area contributed by atoms with Crippen molar-refractivity contribution in [3.63, 3.8) is 0 Å². The van der Waals surface area contributed by atoms with Crippen LogP contribution in [-0.2, 0) is 0 Å². The molecule has 1 amide bonds. The van der Waals surface area contributed by atoms with Crippen LogP contribution >= 0.6 is 11.3 Å². The largest absolute Gasteiger partial charge is 0.468 e. The molecule has 1 aromatic carbocycles. The van der Waals surface area contributed by atoms with E-state index in [2.05, 4.69) is 10.3 Å². The first-order valence-corrected chi connectivity index (χ1v) is 8.52. The number of amides is 1. The Hall–Kier alpha value is -2.44. The summed E-state index contributed by atoms with van der Waals surface area (Å²) in [7, 11) is 3.91. The van der Waals surface area contributed by atoms with E-state index in [1.807, 2.05) is 61.5 Å². The quantitative estimate of drug-likeness (QED) is 0.746. The normalized spacial score (nSPS) is 12.3. The van der Waals surface area contributed by atoms with Gasteiger partial charge in [0.2, 0.25) is 0 Å². The first kappa shape index (κ1) is 16.4. The van der Waals surface area contributed by atoms with Crippen LogP contribution in [0, 0.1) is 0 Å². The van der Waals surface area contributed by atoms with Crippen LogP contribution in [0.5, 0.6) is 0 Å². The van der Waals surface area contributed by atoms with Crippen molar-refractivity contribution >= 4 is 17.2 Å². The van der Waals surface area contributed by atoms with Gasteiger partial charge in [0.05, 0.1) is 12.3 Å². The average Bonchev–Trinajstić information content (AvgIpc) is 3.27. The lowest BCUT2D eigenvalue weighted by atomic mass is 10.2. The fourth-order valence-electron chi connectivity index (χ4n) is 2.39. The fraction of sp³-hybridized carbons (Fsp3) is 0.222. The second-order valence-corrected chi connectivity index (χ2v) is 6.47. The minimum absolute atomic E-state index is 0.0174. The SMILES string of the molecule is CN(C)C(CNC(=O)c1csc(-c2ccccc2)n1)c1ccco1. The number of rotatable bonds is 6. The zero-order valence-electron chi connectivity index (χ0n) is 13.6. The molecule has 1 N–H and O–H groups in total. The maximum Gasteiger partial charge on any atom is 0.270 e. The van der Waals surface area contributed by atoms with Crippen molar-refractivity contribution in [3.05, 3.63) is 65.6 Å². The number of carbonyl (C=O) groups is 1. The molecule has 24 heavy (non-hydrogen) atoms. The third kappa shape index (κ3) is 3.72. The minimum Gasteiger partial charge on any atom is -0.468 e. The maximum atomic E-state index is 12.4. The molecule has 0 aliphatic rings. The Kier molecular flexibility index (Phi) is 5.08. The summed E-state index contributed by atoms with van der Waals surface area (Å²) in [5.41, 5.74) is 1.46. The summed E-state index contributed by atoms with van der Waals surface area (Å²) in [6.07, 6.45) is 1.64. The number of nitrogens with zero attached hydrogens (tertiary/aromatic N) is 2. The maximum absolute atomic E-state index is 12.4. The minimum atomic E-state index is -0.174. The summed E-state index contributed by atoms with van der Waals surface area (Å²) in [6.45, 7) is 0.456. The van der Waals surface area contributed by atoms with Gasteiger partial charge >= 0.3 is 0 Å². The Morgan fingerprint density at radius 1 is 1.25 bits per heavy atom. The van der Waals surface area contributed by atoms with Crippen molar-refractivity contribution in [1.29, 1.82) is 0 Å². The Labute approximate surface area is 144 Å². The number of hydrogen-bond donors (Lipinski definition) is 1. The van der Waals surface area contributed by atoms with Crippen molar-refractivity contribution in [2.75, 3.05) is 20.6 Å². The molecular weight excluding hydrogens is 322 g/mol. The van der Waals surface area contributed by atoms with Crippen molar-refractivity contribution in [2.45, 2.75) is 6.04 Å². The molecular formula is C18H19N3O2S. The number of thiazole rings is 1. The highest BCUT2D eigenvalue weighted by atomic mass is 32.1. The molecule has 5 nitrogen and oxygen atoms in total. The lowest BCUT2D eigenvalue weighted by Crippen LogP contribution is -2.34. The summed E-state index contributed by atoms with van der Waals surface area (Å²) in [5.74, 6) is 0.649. The van der Waals surface area contributed by atoms with E-state index in [-0.39, 0.29) is 11.9 Å². The monoisotopic (exact) mass is 341 g/mol. The molecule has 0 saturated heterocycles. The van der Waals surface area contributed by atoms with Crippen LogP contribution in [0.4, 0.5) is 0 Å². The van der Waals surface area contributed by atoms with Crippen molar-refractivity contribution < 1.29 is 9.21 Å². The number of furan rings is 1. The van der Waals surface area contributed by atoms with Gasteiger partial charge in [-0.3, -0.25) is 9.69 Å². The number of nitrogens with one attached hydrogen (secondary N) is 1. The lowest BCUT2D eigenvalue weighted by molar-refractivity contribution is 0.0935. The summed E-state index contributed by atoms with van der Waals surface area (Å²) >= 11 is 1.47. The Balaban J connectivity index is 1.66. The average molecular weight is 341 g/mol. The van der Waals surface area contributed by atoms with Gasteiger partial charge in [0.25, 0.3) is 5.91 Å². The van der Waals surface area contributed by atoms with Gasteiger partial charge < -0.3 is 9.73 Å². The van der Waals surface area contributed by atoms with Crippen LogP contribution in [0.25, 0.3) is 10.6 Å². The first-order valence-electron chi connectivity index (χ1n) is 7.64. The van der Waals surface area contributed by atoms with Crippen LogP contribution in [0.3, 0.4) is 0 Å². The molecule has 2 heterocycles. The Morgan fingerprint density at radius 3 is 2.71 bits per heavy atom. The Morgan fingerprint density at radius 2 is 2.04 bits per heavy atom. The van der Waals surface area contributed by atoms with E-state index in [4.69, 9.17) is 4.42 Å². The van der Waals surface area contributed by atoms with E-state index in [0.29, 0.717) is 12.2 Å². The smallest absolute Gasteiger partial charge is 0.270 e. The van der Waals surface area contributed by atoms with Gasteiger partial charge in [-0.05, 0) is 26.2 Å². The van der Waals surface area contributed by atoms with E-state index >= 15 is 0 Å². The van der Waals surface area contributed by atoms with Gasteiger partial charge in [0.1, 0.15) is 16.5 Å². The third-order valence-electron chi connectivity index (χ3n) is 3.71. The fourth-order valence-corrected chi connectivity index (χ4v) is 3.20. The summed E-state index contributed by atoms with van der Waals surface area (Å²) in [5, 5.41) is 5.57. The Bertz CT molecular complexity index is 782. The van der Waals surface area contributed by atoms with Gasteiger partial charge in [-0.25, -0.2) is 4.98 Å². The number of likely N-dealkylation sites (N-methyl/N-ethyl adjacent to an activating group) is 1. The molecule has 0 spiro atoms. The predicted molar refractivity (Wildman–Crippen MR) is 95.0 cm³/mol. The molecule has 0 radical (unpaired) electrons. The molecule has 0 aliphatic heterocycles. The van der Waals surface area contributed by atoms with Crippen LogP contribution in [0.2, 0.25) is 0 Å². The van der Waals surface area contributed by atoms with E-state index in [9.17, 15) is 4.79 Å². The standard InChI is InChI=1S/C18H19N3O2S/c1-21(2)15(16-9-6-10-23-16)11-19-17(22)14-12-24-18(20-14)13-7-4-3-5-8-13/h3-10,12,15H,11H2,1-2H3,(H,19,22). The number of aromatic nitrogens is 1. The molecule has 0 fully saturated rings. The number of hydrogen-bond acceptors (Lipinski definition) is 5. The molecule has 0 bridgehead atoms. The van der Waals surface area contributed by atoms with Gasteiger partial charge in [0, 0.05) is 17.5 Å². The highest BCUT2D eigenvalue weighted by molar-refractivity contribution is 7.13. The molecule has 124 valence electrons. The second kappa shape index (κ2) is 7.42. The second-order valence-electron chi connectivity index (χ2n) is 5.61. The molecule has 1 atom stereocenters. The van der Waals surface area contributed by atoms with Crippen molar-refractivity contribution in [2.24, 2.45) is 0 Å². The van der Waals surface area contributed by atoms with E-state index < -0.39 is 0 Å². The van der Waals surface area contributed by atoms with Crippen molar-refractivity contribution in [1.82, 2.24) is 15.2 Å². The number of benzene rings is 1. The van der Waals surface area contributed by atoms with Gasteiger partial charge in [-0.15, -0.1) is 11.3 Å². The summed E-state index contributed by atoms with van der Waals surface area (Å²) < 4.78 is 5.45. The zero-order valence-corrected chi connectivity index (χ0v) is 14.4. The van der Waals surface area contributed by atoms with Crippen LogP contribution in [-0.4, -0.2) is 36.4 Å². The van der Waals surface area contributed by atoms with Gasteiger partial charge in [-0.1, -0.05) is 30.3 Å². The zero-order chi connectivity index (χ0) is 16.9. The molecule has 0 saturated carbocycles. The molecule has 1 unspecified atom stereocenters.